The third-order valence-electron chi connectivity index (χ3n) is 5.13. The molecule has 0 N–H and O–H groups in total. The minimum atomic E-state index is -0.597. The molecule has 1 amide bonds. The first-order valence-corrected chi connectivity index (χ1v) is 10.3. The number of amides is 1. The van der Waals surface area contributed by atoms with Crippen molar-refractivity contribution in [1.82, 2.24) is 14.9 Å². The van der Waals surface area contributed by atoms with Gasteiger partial charge >= 0.3 is 0 Å². The van der Waals surface area contributed by atoms with Gasteiger partial charge in [0.05, 0.1) is 10.7 Å². The van der Waals surface area contributed by atoms with Crippen LogP contribution in [0.3, 0.4) is 0 Å². The molecule has 0 saturated carbocycles. The molecule has 1 aliphatic heterocycles. The van der Waals surface area contributed by atoms with E-state index in [0.29, 0.717) is 37.0 Å². The highest BCUT2D eigenvalue weighted by Gasteiger charge is 2.27. The van der Waals surface area contributed by atoms with Crippen LogP contribution in [0.25, 0.3) is 11.3 Å². The topological polar surface area (TPSA) is 58.6 Å². The predicted molar refractivity (Wildman–Crippen MR) is 118 cm³/mol. The van der Waals surface area contributed by atoms with Crippen LogP contribution in [0.2, 0.25) is 5.02 Å². The molecule has 1 aliphatic rings. The summed E-state index contributed by atoms with van der Waals surface area (Å²) in [5.41, 5.74) is 1.95. The van der Waals surface area contributed by atoms with E-state index in [4.69, 9.17) is 16.3 Å². The number of hydrogen-bond acceptors (Lipinski definition) is 5. The molecule has 1 unspecified atom stereocenters. The maximum atomic E-state index is 12.8. The number of hydrogen-bond donors (Lipinski definition) is 0. The summed E-state index contributed by atoms with van der Waals surface area (Å²) in [5, 5.41) is 0.500. The highest BCUT2D eigenvalue weighted by Crippen LogP contribution is 2.25. The van der Waals surface area contributed by atoms with Crippen molar-refractivity contribution in [1.29, 1.82) is 0 Å². The van der Waals surface area contributed by atoms with Gasteiger partial charge < -0.3 is 14.5 Å². The van der Waals surface area contributed by atoms with Crippen LogP contribution < -0.4 is 9.64 Å². The van der Waals surface area contributed by atoms with Gasteiger partial charge in [0, 0.05) is 37.8 Å². The van der Waals surface area contributed by atoms with Crippen LogP contribution in [0.1, 0.15) is 6.92 Å². The van der Waals surface area contributed by atoms with Crippen molar-refractivity contribution in [3.05, 3.63) is 72.0 Å². The van der Waals surface area contributed by atoms with Crippen LogP contribution in [0.5, 0.6) is 5.75 Å². The van der Waals surface area contributed by atoms with E-state index in [-0.39, 0.29) is 5.91 Å². The van der Waals surface area contributed by atoms with Gasteiger partial charge in [-0.2, -0.15) is 0 Å². The van der Waals surface area contributed by atoms with Crippen molar-refractivity contribution in [2.24, 2.45) is 0 Å². The number of ether oxygens (including phenoxy) is 1. The fourth-order valence-corrected chi connectivity index (χ4v) is 3.66. The van der Waals surface area contributed by atoms with Crippen LogP contribution in [-0.2, 0) is 4.79 Å². The van der Waals surface area contributed by atoms with Crippen LogP contribution >= 0.6 is 11.6 Å². The molecule has 0 radical (unpaired) electrons. The summed E-state index contributed by atoms with van der Waals surface area (Å²) >= 11 is 6.13. The average molecular weight is 423 g/mol. The first kappa shape index (κ1) is 20.2. The Morgan fingerprint density at radius 2 is 1.70 bits per heavy atom. The second-order valence-corrected chi connectivity index (χ2v) is 7.54. The van der Waals surface area contributed by atoms with Gasteiger partial charge in [0.25, 0.3) is 5.91 Å². The second kappa shape index (κ2) is 9.13. The molecule has 1 saturated heterocycles. The van der Waals surface area contributed by atoms with Gasteiger partial charge in [-0.1, -0.05) is 54.1 Å². The lowest BCUT2D eigenvalue weighted by atomic mass is 10.1. The number of halogens is 1. The van der Waals surface area contributed by atoms with E-state index in [1.807, 2.05) is 53.4 Å². The molecule has 0 spiro atoms. The van der Waals surface area contributed by atoms with Gasteiger partial charge in [0.1, 0.15) is 17.9 Å². The number of nitrogens with zero attached hydrogens (tertiary/aromatic N) is 4. The summed E-state index contributed by atoms with van der Waals surface area (Å²) in [6, 6.07) is 19.2. The van der Waals surface area contributed by atoms with Gasteiger partial charge in [-0.15, -0.1) is 0 Å². The molecule has 1 atom stereocenters. The minimum absolute atomic E-state index is 0.0396. The van der Waals surface area contributed by atoms with E-state index in [0.717, 1.165) is 17.1 Å². The van der Waals surface area contributed by atoms with Gasteiger partial charge in [-0.3, -0.25) is 4.79 Å². The van der Waals surface area contributed by atoms with Crippen molar-refractivity contribution < 1.29 is 9.53 Å². The van der Waals surface area contributed by atoms with E-state index in [1.54, 1.807) is 25.4 Å². The lowest BCUT2D eigenvalue weighted by Crippen LogP contribution is -2.52. The molecule has 1 aromatic heterocycles. The molecular formula is C23H23ClN4O2. The molecule has 3 aromatic rings. The van der Waals surface area contributed by atoms with Crippen molar-refractivity contribution in [2.45, 2.75) is 13.0 Å². The smallest absolute Gasteiger partial charge is 0.263 e. The summed E-state index contributed by atoms with van der Waals surface area (Å²) in [4.78, 5) is 25.6. The lowest BCUT2D eigenvalue weighted by molar-refractivity contribution is -0.138. The number of benzene rings is 2. The Balaban J connectivity index is 1.37. The van der Waals surface area contributed by atoms with Crippen molar-refractivity contribution in [3.63, 3.8) is 0 Å². The highest BCUT2D eigenvalue weighted by atomic mass is 35.5. The Morgan fingerprint density at radius 1 is 1.00 bits per heavy atom. The molecule has 0 bridgehead atoms. The van der Waals surface area contributed by atoms with Gasteiger partial charge in [0.2, 0.25) is 0 Å². The third-order valence-corrected chi connectivity index (χ3v) is 5.44. The van der Waals surface area contributed by atoms with Crippen LogP contribution in [-0.4, -0.2) is 53.1 Å². The zero-order chi connectivity index (χ0) is 20.9. The monoisotopic (exact) mass is 422 g/mol. The zero-order valence-electron chi connectivity index (χ0n) is 16.7. The summed E-state index contributed by atoms with van der Waals surface area (Å²) < 4.78 is 5.78. The molecule has 0 aliphatic carbocycles. The second-order valence-electron chi connectivity index (χ2n) is 7.13. The van der Waals surface area contributed by atoms with Crippen molar-refractivity contribution in [3.8, 4) is 17.0 Å². The SMILES string of the molecule is CC(Oc1ccccc1Cl)C(=O)N1CCN(c2cc(-c3ccccc3)ncn2)CC1. The lowest BCUT2D eigenvalue weighted by Gasteiger charge is -2.36. The summed E-state index contributed by atoms with van der Waals surface area (Å²) in [6.45, 7) is 4.39. The average Bonchev–Trinajstić information content (AvgIpc) is 2.81. The van der Waals surface area contributed by atoms with Crippen LogP contribution in [0.15, 0.2) is 67.0 Å². The number of para-hydroxylation sites is 1. The van der Waals surface area contributed by atoms with Crippen molar-refractivity contribution >= 4 is 23.3 Å². The molecule has 2 aromatic carbocycles. The van der Waals surface area contributed by atoms with E-state index in [2.05, 4.69) is 14.9 Å². The Morgan fingerprint density at radius 3 is 2.43 bits per heavy atom. The Kier molecular flexibility index (Phi) is 6.14. The van der Waals surface area contributed by atoms with Gasteiger partial charge in [-0.05, 0) is 19.1 Å². The third kappa shape index (κ3) is 4.54. The number of piperazine rings is 1. The van der Waals surface area contributed by atoms with Crippen molar-refractivity contribution in [2.75, 3.05) is 31.1 Å². The van der Waals surface area contributed by atoms with Gasteiger partial charge in [0.15, 0.2) is 6.10 Å². The quantitative estimate of drug-likeness (QED) is 0.623. The van der Waals surface area contributed by atoms with E-state index in [1.165, 1.54) is 0 Å². The fraction of sp³-hybridized carbons (Fsp3) is 0.261. The summed E-state index contributed by atoms with van der Waals surface area (Å²) in [7, 11) is 0. The Labute approximate surface area is 181 Å². The van der Waals surface area contributed by atoms with E-state index >= 15 is 0 Å². The highest BCUT2D eigenvalue weighted by molar-refractivity contribution is 6.32. The number of aromatic nitrogens is 2. The maximum absolute atomic E-state index is 12.8. The van der Waals surface area contributed by atoms with Gasteiger partial charge in [-0.25, -0.2) is 9.97 Å². The first-order chi connectivity index (χ1) is 14.6. The molecule has 154 valence electrons. The zero-order valence-corrected chi connectivity index (χ0v) is 17.5. The minimum Gasteiger partial charge on any atom is -0.479 e. The predicted octanol–water partition coefficient (Wildman–Crippen LogP) is 3.91. The molecule has 2 heterocycles. The molecule has 7 heteroatoms. The largest absolute Gasteiger partial charge is 0.479 e. The molecular weight excluding hydrogens is 400 g/mol. The number of carbonyl (C=O) groups is 1. The normalized spacial score (nSPS) is 15.0. The number of anilines is 1. The van der Waals surface area contributed by atoms with Crippen LogP contribution in [0.4, 0.5) is 5.82 Å². The molecule has 30 heavy (non-hydrogen) atoms. The van der Waals surface area contributed by atoms with E-state index in [9.17, 15) is 4.79 Å². The standard InChI is InChI=1S/C23H23ClN4O2/c1-17(30-21-10-6-5-9-19(21)24)23(29)28-13-11-27(12-14-28)22-15-20(25-16-26-22)18-7-3-2-4-8-18/h2-10,15-17H,11-14H2,1H3. The Bertz CT molecular complexity index is 1010. The maximum Gasteiger partial charge on any atom is 0.263 e. The summed E-state index contributed by atoms with van der Waals surface area (Å²) in [5.74, 6) is 1.35. The molecule has 1 fully saturated rings. The Hall–Kier alpha value is -3.12. The number of rotatable bonds is 5. The fourth-order valence-electron chi connectivity index (χ4n) is 3.48. The van der Waals surface area contributed by atoms with Crippen LogP contribution in [0, 0.1) is 0 Å². The van der Waals surface area contributed by atoms with E-state index < -0.39 is 6.10 Å². The molecule has 4 rings (SSSR count). The number of carbonyl (C=O) groups excluding carboxylic acids is 1. The summed E-state index contributed by atoms with van der Waals surface area (Å²) in [6.07, 6.45) is 0.995. The first-order valence-electron chi connectivity index (χ1n) is 9.94. The molecule has 6 nitrogen and oxygen atoms in total.